The van der Waals surface area contributed by atoms with Crippen molar-refractivity contribution in [2.45, 2.75) is 77.8 Å². The number of halogens is 3. The van der Waals surface area contributed by atoms with Gasteiger partial charge in [-0.25, -0.2) is 24.5 Å². The summed E-state index contributed by atoms with van der Waals surface area (Å²) in [6.45, 7) is 10.6. The van der Waals surface area contributed by atoms with Crippen molar-refractivity contribution in [2.75, 3.05) is 31.0 Å². The minimum absolute atomic E-state index is 0.111. The lowest BCUT2D eigenvalue weighted by molar-refractivity contribution is -0.167. The van der Waals surface area contributed by atoms with Crippen molar-refractivity contribution < 1.29 is 41.8 Å². The van der Waals surface area contributed by atoms with Crippen LogP contribution in [0.2, 0.25) is 0 Å². The van der Waals surface area contributed by atoms with Gasteiger partial charge in [0.25, 0.3) is 0 Å². The molecule has 0 aliphatic heterocycles. The van der Waals surface area contributed by atoms with Gasteiger partial charge in [0.1, 0.15) is 22.4 Å². The topological polar surface area (TPSA) is 150 Å². The van der Waals surface area contributed by atoms with Crippen molar-refractivity contribution >= 4 is 40.8 Å². The summed E-state index contributed by atoms with van der Waals surface area (Å²) in [5.41, 5.74) is -0.785. The van der Waals surface area contributed by atoms with Crippen LogP contribution in [-0.2, 0) is 26.1 Å². The van der Waals surface area contributed by atoms with E-state index >= 15 is 0 Å². The van der Waals surface area contributed by atoms with E-state index in [0.29, 0.717) is 25.1 Å². The number of amides is 3. The SMILES string of the molecule is COCCC[C@H](NC(=O)OC(C)(C)C)c1cccc(C#Cc2c(NC(=O)C(F)(F)F)nc(N(C)C(=O)OC(C)(C)C)c3ncn(C)c23)n1. The van der Waals surface area contributed by atoms with Crippen molar-refractivity contribution in [1.82, 2.24) is 24.8 Å². The second-order valence-electron chi connectivity index (χ2n) is 12.7. The number of carbonyl (C=O) groups is 3. The third-order valence-electron chi connectivity index (χ3n) is 6.29. The number of imidazole rings is 1. The number of fused-ring (bicyclic) bond motifs is 1. The van der Waals surface area contributed by atoms with Crippen LogP contribution in [0.1, 0.15) is 77.4 Å². The van der Waals surface area contributed by atoms with Crippen LogP contribution in [0.5, 0.6) is 0 Å². The summed E-state index contributed by atoms with van der Waals surface area (Å²) < 4.78 is 57.6. The Bertz CT molecular complexity index is 1720. The molecule has 0 bridgehead atoms. The molecule has 3 aromatic rings. The number of hydrogen-bond donors (Lipinski definition) is 2. The Morgan fingerprint density at radius 1 is 1.02 bits per heavy atom. The zero-order valence-corrected chi connectivity index (χ0v) is 28.3. The number of anilines is 2. The zero-order valence-electron chi connectivity index (χ0n) is 28.3. The standard InChI is InChI=1S/C32H40F3N7O6/c1-30(2,3)47-28(44)38-22(14-11-17-46-9)21-13-10-12-19(37-21)15-16-20-24-23(36-18-41(24)7)26(42(8)29(45)48-31(4,5)6)39-25(20)40-27(43)32(33,34)35/h10,12-13,18,22H,11,14,17H2,1-9H3,(H,38,44)(H,39,40,43)/t22-/m0/s1. The van der Waals surface area contributed by atoms with Crippen LogP contribution in [-0.4, -0.2) is 75.8 Å². The number of hydrogen-bond acceptors (Lipinski definition) is 9. The number of aromatic nitrogens is 4. The molecule has 0 aromatic carbocycles. The Labute approximate surface area is 276 Å². The molecule has 3 amide bonds. The molecule has 0 unspecified atom stereocenters. The molecule has 48 heavy (non-hydrogen) atoms. The van der Waals surface area contributed by atoms with Crippen LogP contribution < -0.4 is 15.5 Å². The molecule has 0 fully saturated rings. The molecule has 260 valence electrons. The fraction of sp³-hybridized carbons (Fsp3) is 0.500. The molecule has 0 spiro atoms. The minimum Gasteiger partial charge on any atom is -0.444 e. The number of aryl methyl sites for hydroxylation is 1. The fourth-order valence-electron chi connectivity index (χ4n) is 4.27. The van der Waals surface area contributed by atoms with Gasteiger partial charge in [-0.2, -0.15) is 13.2 Å². The molecule has 0 aliphatic rings. The highest BCUT2D eigenvalue weighted by Gasteiger charge is 2.40. The molecular formula is C32H40F3N7O6. The second kappa shape index (κ2) is 14.9. The number of pyridine rings is 2. The van der Waals surface area contributed by atoms with E-state index in [4.69, 9.17) is 14.2 Å². The van der Waals surface area contributed by atoms with Gasteiger partial charge in [-0.1, -0.05) is 12.0 Å². The van der Waals surface area contributed by atoms with Crippen molar-refractivity contribution in [3.8, 4) is 11.8 Å². The number of alkyl halides is 3. The number of nitrogens with zero attached hydrogens (tertiary/aromatic N) is 5. The first-order chi connectivity index (χ1) is 22.2. The largest absolute Gasteiger partial charge is 0.471 e. The van der Waals surface area contributed by atoms with Gasteiger partial charge < -0.3 is 29.4 Å². The minimum atomic E-state index is -5.25. The highest BCUT2D eigenvalue weighted by Crippen LogP contribution is 2.32. The Kier molecular flexibility index (Phi) is 11.6. The van der Waals surface area contributed by atoms with E-state index in [0.717, 1.165) is 4.90 Å². The molecule has 13 nitrogen and oxygen atoms in total. The number of ether oxygens (including phenoxy) is 3. The molecule has 0 aliphatic carbocycles. The van der Waals surface area contributed by atoms with E-state index in [1.165, 1.54) is 17.9 Å². The van der Waals surface area contributed by atoms with Gasteiger partial charge in [0.15, 0.2) is 11.6 Å². The summed E-state index contributed by atoms with van der Waals surface area (Å²) in [6.07, 6.45) is -4.34. The average molecular weight is 676 g/mol. The van der Waals surface area contributed by atoms with Gasteiger partial charge >= 0.3 is 24.3 Å². The van der Waals surface area contributed by atoms with Crippen molar-refractivity contribution in [1.29, 1.82) is 0 Å². The van der Waals surface area contributed by atoms with E-state index in [1.807, 2.05) is 0 Å². The quantitative estimate of drug-likeness (QED) is 0.229. The molecule has 0 radical (unpaired) electrons. The molecule has 0 saturated heterocycles. The third-order valence-corrected chi connectivity index (χ3v) is 6.29. The predicted molar refractivity (Wildman–Crippen MR) is 171 cm³/mol. The van der Waals surface area contributed by atoms with Crippen molar-refractivity contribution in [3.05, 3.63) is 41.5 Å². The van der Waals surface area contributed by atoms with Crippen molar-refractivity contribution in [3.63, 3.8) is 0 Å². The van der Waals surface area contributed by atoms with Crippen LogP contribution in [0, 0.1) is 11.8 Å². The molecular weight excluding hydrogens is 635 g/mol. The summed E-state index contributed by atoms with van der Waals surface area (Å²) in [5.74, 6) is 2.60. The van der Waals surface area contributed by atoms with Crippen molar-refractivity contribution in [2.24, 2.45) is 7.05 Å². The maximum atomic E-state index is 13.4. The van der Waals surface area contributed by atoms with Gasteiger partial charge in [0.05, 0.1) is 29.1 Å². The predicted octanol–water partition coefficient (Wildman–Crippen LogP) is 5.63. The summed E-state index contributed by atoms with van der Waals surface area (Å²) in [4.78, 5) is 51.7. The molecule has 3 aromatic heterocycles. The third kappa shape index (κ3) is 10.3. The fourth-order valence-corrected chi connectivity index (χ4v) is 4.27. The van der Waals surface area contributed by atoms with Gasteiger partial charge in [0.2, 0.25) is 0 Å². The number of nitrogens with one attached hydrogen (secondary N) is 2. The van der Waals surface area contributed by atoms with E-state index in [1.54, 1.807) is 79.2 Å². The van der Waals surface area contributed by atoms with Crippen LogP contribution in [0.25, 0.3) is 11.0 Å². The molecule has 1 atom stereocenters. The summed E-state index contributed by atoms with van der Waals surface area (Å²) in [7, 11) is 4.44. The van der Waals surface area contributed by atoms with Gasteiger partial charge in [0, 0.05) is 27.8 Å². The molecule has 3 heterocycles. The van der Waals surface area contributed by atoms with Crippen LogP contribution in [0.3, 0.4) is 0 Å². The van der Waals surface area contributed by atoms with Crippen LogP contribution >= 0.6 is 0 Å². The Hall–Kier alpha value is -4.91. The van der Waals surface area contributed by atoms with Crippen LogP contribution in [0.15, 0.2) is 24.5 Å². The highest BCUT2D eigenvalue weighted by molar-refractivity contribution is 6.03. The first-order valence-corrected chi connectivity index (χ1v) is 14.9. The monoisotopic (exact) mass is 675 g/mol. The van der Waals surface area contributed by atoms with Gasteiger partial charge in [-0.05, 0) is 72.4 Å². The first kappa shape index (κ1) is 37.5. The smallest absolute Gasteiger partial charge is 0.444 e. The zero-order chi connectivity index (χ0) is 36.0. The number of methoxy groups -OCH3 is 1. The van der Waals surface area contributed by atoms with E-state index < -0.39 is 47.3 Å². The molecule has 0 saturated carbocycles. The Morgan fingerprint density at radius 2 is 1.69 bits per heavy atom. The van der Waals surface area contributed by atoms with Crippen LogP contribution in [0.4, 0.5) is 34.4 Å². The molecule has 16 heteroatoms. The van der Waals surface area contributed by atoms with E-state index in [2.05, 4.69) is 32.1 Å². The van der Waals surface area contributed by atoms with Gasteiger partial charge in [-0.3, -0.25) is 9.69 Å². The number of carbonyl (C=O) groups excluding carboxylic acids is 3. The maximum Gasteiger partial charge on any atom is 0.471 e. The summed E-state index contributed by atoms with van der Waals surface area (Å²) in [5, 5.41) is 4.60. The van der Waals surface area contributed by atoms with Gasteiger partial charge in [-0.15, -0.1) is 0 Å². The molecule has 3 rings (SSSR count). The normalized spacial score (nSPS) is 12.5. The summed E-state index contributed by atoms with van der Waals surface area (Å²) >= 11 is 0. The average Bonchev–Trinajstić information content (AvgIpc) is 3.34. The lowest BCUT2D eigenvalue weighted by Crippen LogP contribution is -2.35. The molecule has 2 N–H and O–H groups in total. The van der Waals surface area contributed by atoms with E-state index in [-0.39, 0.29) is 28.1 Å². The second-order valence-corrected chi connectivity index (χ2v) is 12.7. The lowest BCUT2D eigenvalue weighted by atomic mass is 10.1. The Balaban J connectivity index is 2.14. The number of rotatable bonds is 8. The number of alkyl carbamates (subject to hydrolysis) is 1. The maximum absolute atomic E-state index is 13.4. The van der Waals surface area contributed by atoms with E-state index in [9.17, 15) is 27.6 Å². The Morgan fingerprint density at radius 3 is 2.29 bits per heavy atom. The highest BCUT2D eigenvalue weighted by atomic mass is 19.4. The lowest BCUT2D eigenvalue weighted by Gasteiger charge is -2.24. The summed E-state index contributed by atoms with van der Waals surface area (Å²) in [6, 6.07) is 4.35. The first-order valence-electron chi connectivity index (χ1n) is 14.9.